The van der Waals surface area contributed by atoms with Crippen molar-refractivity contribution in [2.45, 2.75) is 65.0 Å². The SMILES string of the molecule is CC(C)COC(=O)C[C@H]1C[C@@H](CCI)OC(C)(C)O1. The minimum Gasteiger partial charge on any atom is -0.465 e. The fourth-order valence-corrected chi connectivity index (χ4v) is 2.84. The van der Waals surface area contributed by atoms with Gasteiger partial charge in [0.25, 0.3) is 0 Å². The summed E-state index contributed by atoms with van der Waals surface area (Å²) in [6, 6.07) is 0. The number of ether oxygens (including phenoxy) is 3. The summed E-state index contributed by atoms with van der Waals surface area (Å²) < 4.78 is 17.9. The first-order valence-electron chi connectivity index (χ1n) is 6.89. The highest BCUT2D eigenvalue weighted by molar-refractivity contribution is 14.1. The lowest BCUT2D eigenvalue weighted by molar-refractivity contribution is -0.299. The summed E-state index contributed by atoms with van der Waals surface area (Å²) in [7, 11) is 0. The number of carbonyl (C=O) groups is 1. The van der Waals surface area contributed by atoms with Crippen molar-refractivity contribution < 1.29 is 19.0 Å². The summed E-state index contributed by atoms with van der Waals surface area (Å²) in [6.07, 6.45) is 2.14. The second kappa shape index (κ2) is 7.78. The Kier molecular flexibility index (Phi) is 7.04. The van der Waals surface area contributed by atoms with Gasteiger partial charge in [-0.3, -0.25) is 4.79 Å². The predicted octanol–water partition coefficient (Wildman–Crippen LogP) is 3.31. The highest BCUT2D eigenvalue weighted by Gasteiger charge is 2.36. The van der Waals surface area contributed by atoms with Crippen LogP contribution >= 0.6 is 22.6 Å². The molecule has 2 atom stereocenters. The van der Waals surface area contributed by atoms with Crippen molar-refractivity contribution in [3.05, 3.63) is 0 Å². The van der Waals surface area contributed by atoms with Crippen LogP contribution in [0, 0.1) is 5.92 Å². The smallest absolute Gasteiger partial charge is 0.308 e. The molecular formula is C14H25IO4. The third-order valence-electron chi connectivity index (χ3n) is 2.83. The van der Waals surface area contributed by atoms with Crippen LogP contribution < -0.4 is 0 Å². The molecule has 0 saturated carbocycles. The van der Waals surface area contributed by atoms with E-state index in [1.165, 1.54) is 0 Å². The first kappa shape index (κ1) is 17.2. The number of esters is 1. The second-order valence-electron chi connectivity index (χ2n) is 5.87. The van der Waals surface area contributed by atoms with Gasteiger partial charge in [-0.25, -0.2) is 0 Å². The molecule has 1 rings (SSSR count). The lowest BCUT2D eigenvalue weighted by Gasteiger charge is -2.40. The van der Waals surface area contributed by atoms with E-state index in [2.05, 4.69) is 22.6 Å². The molecule has 19 heavy (non-hydrogen) atoms. The van der Waals surface area contributed by atoms with Gasteiger partial charge in [0.05, 0.1) is 25.2 Å². The molecule has 0 aliphatic carbocycles. The second-order valence-corrected chi connectivity index (χ2v) is 6.95. The monoisotopic (exact) mass is 384 g/mol. The van der Waals surface area contributed by atoms with Crippen LogP contribution in [0.5, 0.6) is 0 Å². The molecule has 0 radical (unpaired) electrons. The Morgan fingerprint density at radius 1 is 1.37 bits per heavy atom. The lowest BCUT2D eigenvalue weighted by Crippen LogP contribution is -2.45. The lowest BCUT2D eigenvalue weighted by atomic mass is 10.0. The molecule has 1 fully saturated rings. The number of rotatable bonds is 6. The van der Waals surface area contributed by atoms with Gasteiger partial charge in [-0.1, -0.05) is 36.4 Å². The average Bonchev–Trinajstić information content (AvgIpc) is 2.24. The quantitative estimate of drug-likeness (QED) is 0.401. The largest absolute Gasteiger partial charge is 0.465 e. The summed E-state index contributed by atoms with van der Waals surface area (Å²) in [5, 5.41) is 0. The molecule has 0 unspecified atom stereocenters. The molecule has 1 heterocycles. The van der Waals surface area contributed by atoms with Crippen LogP contribution in [-0.2, 0) is 19.0 Å². The number of carbonyl (C=O) groups excluding carboxylic acids is 1. The topological polar surface area (TPSA) is 44.8 Å². The molecular weight excluding hydrogens is 359 g/mol. The predicted molar refractivity (Wildman–Crippen MR) is 82.4 cm³/mol. The van der Waals surface area contributed by atoms with Gasteiger partial charge in [0.15, 0.2) is 5.79 Å². The van der Waals surface area contributed by atoms with E-state index in [0.29, 0.717) is 18.9 Å². The molecule has 1 aliphatic rings. The number of hydrogen-bond donors (Lipinski definition) is 0. The Labute approximate surface area is 129 Å². The zero-order chi connectivity index (χ0) is 14.5. The van der Waals surface area contributed by atoms with E-state index in [4.69, 9.17) is 14.2 Å². The van der Waals surface area contributed by atoms with Crippen LogP contribution in [0.4, 0.5) is 0 Å². The maximum Gasteiger partial charge on any atom is 0.308 e. The van der Waals surface area contributed by atoms with E-state index >= 15 is 0 Å². The Bertz CT molecular complexity index is 291. The molecule has 1 aliphatic heterocycles. The minimum atomic E-state index is -0.613. The Morgan fingerprint density at radius 3 is 2.58 bits per heavy atom. The standard InChI is InChI=1S/C14H25IO4/c1-10(2)9-17-13(16)8-12-7-11(5-6-15)18-14(3,4)19-12/h10-12H,5-9H2,1-4H3/t11-,12-/m1/s1. The van der Waals surface area contributed by atoms with Crippen molar-refractivity contribution in [2.75, 3.05) is 11.0 Å². The molecule has 0 spiro atoms. The summed E-state index contributed by atoms with van der Waals surface area (Å²) in [5.74, 6) is -0.426. The van der Waals surface area contributed by atoms with Crippen molar-refractivity contribution in [1.29, 1.82) is 0 Å². The summed E-state index contributed by atoms with van der Waals surface area (Å²) in [4.78, 5) is 11.7. The normalized spacial score (nSPS) is 26.4. The van der Waals surface area contributed by atoms with Gasteiger partial charge in [0.1, 0.15) is 0 Å². The van der Waals surface area contributed by atoms with E-state index in [1.54, 1.807) is 0 Å². The molecule has 5 heteroatoms. The summed E-state index contributed by atoms with van der Waals surface area (Å²) in [6.45, 7) is 8.33. The van der Waals surface area contributed by atoms with Gasteiger partial charge in [0, 0.05) is 10.8 Å². The summed E-state index contributed by atoms with van der Waals surface area (Å²) >= 11 is 2.34. The maximum absolute atomic E-state index is 11.7. The van der Waals surface area contributed by atoms with Gasteiger partial charge in [-0.15, -0.1) is 0 Å². The van der Waals surface area contributed by atoms with Crippen molar-refractivity contribution in [1.82, 2.24) is 0 Å². The van der Waals surface area contributed by atoms with Gasteiger partial charge in [-0.2, -0.15) is 0 Å². The molecule has 112 valence electrons. The van der Waals surface area contributed by atoms with E-state index < -0.39 is 5.79 Å². The van der Waals surface area contributed by atoms with Gasteiger partial charge < -0.3 is 14.2 Å². The highest BCUT2D eigenvalue weighted by Crippen LogP contribution is 2.30. The van der Waals surface area contributed by atoms with Crippen LogP contribution in [0.3, 0.4) is 0 Å². The average molecular weight is 384 g/mol. The van der Waals surface area contributed by atoms with Crippen LogP contribution in [0.25, 0.3) is 0 Å². The van der Waals surface area contributed by atoms with Gasteiger partial charge in [-0.05, 0) is 26.2 Å². The molecule has 0 bridgehead atoms. The molecule has 0 aromatic carbocycles. The number of alkyl halides is 1. The molecule has 0 amide bonds. The first-order valence-corrected chi connectivity index (χ1v) is 8.42. The van der Waals surface area contributed by atoms with E-state index in [9.17, 15) is 4.79 Å². The third kappa shape index (κ3) is 6.90. The van der Waals surface area contributed by atoms with Crippen LogP contribution in [0.15, 0.2) is 0 Å². The maximum atomic E-state index is 11.7. The first-order chi connectivity index (χ1) is 8.82. The molecule has 0 aromatic rings. The van der Waals surface area contributed by atoms with Crippen LogP contribution in [-0.4, -0.2) is 35.0 Å². The molecule has 4 nitrogen and oxygen atoms in total. The van der Waals surface area contributed by atoms with Crippen molar-refractivity contribution in [3.8, 4) is 0 Å². The number of halogens is 1. The highest BCUT2D eigenvalue weighted by atomic mass is 127. The van der Waals surface area contributed by atoms with Gasteiger partial charge >= 0.3 is 5.97 Å². The Balaban J connectivity index is 2.45. The minimum absolute atomic E-state index is 0.101. The van der Waals surface area contributed by atoms with E-state index in [1.807, 2.05) is 27.7 Å². The van der Waals surface area contributed by atoms with E-state index in [0.717, 1.165) is 17.3 Å². The summed E-state index contributed by atoms with van der Waals surface area (Å²) in [5.41, 5.74) is 0. The number of hydrogen-bond acceptors (Lipinski definition) is 4. The molecule has 0 N–H and O–H groups in total. The Hall–Kier alpha value is 0.120. The van der Waals surface area contributed by atoms with Gasteiger partial charge in [0.2, 0.25) is 0 Å². The fourth-order valence-electron chi connectivity index (χ4n) is 2.15. The van der Waals surface area contributed by atoms with Crippen molar-refractivity contribution in [3.63, 3.8) is 0 Å². The molecule has 1 saturated heterocycles. The van der Waals surface area contributed by atoms with Crippen LogP contribution in [0.1, 0.15) is 47.0 Å². The fraction of sp³-hybridized carbons (Fsp3) is 0.929. The zero-order valence-electron chi connectivity index (χ0n) is 12.3. The molecule has 0 aromatic heterocycles. The van der Waals surface area contributed by atoms with E-state index in [-0.39, 0.29) is 18.2 Å². The Morgan fingerprint density at radius 2 is 2.00 bits per heavy atom. The van der Waals surface area contributed by atoms with Crippen LogP contribution in [0.2, 0.25) is 0 Å². The van der Waals surface area contributed by atoms with Crippen molar-refractivity contribution >= 4 is 28.6 Å². The zero-order valence-corrected chi connectivity index (χ0v) is 14.4. The third-order valence-corrected chi connectivity index (χ3v) is 3.45. The van der Waals surface area contributed by atoms with Crippen molar-refractivity contribution in [2.24, 2.45) is 5.92 Å².